The largest absolute Gasteiger partial charge is 0.378 e. The fourth-order valence-corrected chi connectivity index (χ4v) is 1.60. The van der Waals surface area contributed by atoms with Crippen LogP contribution in [0.5, 0.6) is 0 Å². The van der Waals surface area contributed by atoms with E-state index in [2.05, 4.69) is 5.32 Å². The number of nitrogens with zero attached hydrogens (tertiary/aromatic N) is 1. The molecule has 0 fully saturated rings. The van der Waals surface area contributed by atoms with Crippen LogP contribution in [0.3, 0.4) is 0 Å². The summed E-state index contributed by atoms with van der Waals surface area (Å²) in [5, 5.41) is 11.4. The lowest BCUT2D eigenvalue weighted by atomic mass is 10.1. The van der Waals surface area contributed by atoms with Gasteiger partial charge in [0.05, 0.1) is 17.3 Å². The Kier molecular flexibility index (Phi) is 3.71. The molecule has 0 radical (unpaired) electrons. The van der Waals surface area contributed by atoms with E-state index in [0.717, 1.165) is 12.1 Å². The van der Waals surface area contributed by atoms with Crippen LogP contribution in [0.1, 0.15) is 11.1 Å². The molecule has 0 aromatic heterocycles. The van der Waals surface area contributed by atoms with Gasteiger partial charge in [-0.1, -0.05) is 0 Å². The lowest BCUT2D eigenvalue weighted by Crippen LogP contribution is -2.04. The minimum absolute atomic E-state index is 0.00387. The van der Waals surface area contributed by atoms with Crippen LogP contribution >= 0.6 is 0 Å². The van der Waals surface area contributed by atoms with Crippen molar-refractivity contribution in [2.75, 3.05) is 5.32 Å². The van der Waals surface area contributed by atoms with Gasteiger partial charge < -0.3 is 5.32 Å². The lowest BCUT2D eigenvalue weighted by molar-refractivity contribution is 0.584. The van der Waals surface area contributed by atoms with Gasteiger partial charge in [-0.05, 0) is 30.3 Å². The van der Waals surface area contributed by atoms with E-state index < -0.39 is 17.5 Å². The zero-order valence-electron chi connectivity index (χ0n) is 9.75. The Morgan fingerprint density at radius 3 is 2.47 bits per heavy atom. The van der Waals surface area contributed by atoms with E-state index in [1.807, 2.05) is 6.07 Å². The van der Waals surface area contributed by atoms with Crippen LogP contribution < -0.4 is 5.32 Å². The average Bonchev–Trinajstić information content (AvgIpc) is 2.39. The van der Waals surface area contributed by atoms with Crippen LogP contribution in [-0.2, 0) is 6.54 Å². The number of halogens is 3. The van der Waals surface area contributed by atoms with Gasteiger partial charge in [0.15, 0.2) is 0 Å². The minimum atomic E-state index is -0.753. The molecule has 0 bridgehead atoms. The third kappa shape index (κ3) is 3.05. The Bertz CT molecular complexity index is 648. The van der Waals surface area contributed by atoms with E-state index >= 15 is 0 Å². The monoisotopic (exact) mass is 262 g/mol. The summed E-state index contributed by atoms with van der Waals surface area (Å²) in [6.45, 7) is 0.00387. The maximum atomic E-state index is 13.5. The highest BCUT2D eigenvalue weighted by atomic mass is 19.1. The lowest BCUT2D eigenvalue weighted by Gasteiger charge is -2.08. The molecule has 0 saturated heterocycles. The molecule has 96 valence electrons. The van der Waals surface area contributed by atoms with Crippen LogP contribution in [0.4, 0.5) is 18.9 Å². The predicted molar refractivity (Wildman–Crippen MR) is 64.8 cm³/mol. The summed E-state index contributed by atoms with van der Waals surface area (Å²) < 4.78 is 39.5. The van der Waals surface area contributed by atoms with E-state index in [9.17, 15) is 13.2 Å². The molecule has 5 heteroatoms. The van der Waals surface area contributed by atoms with Gasteiger partial charge in [0.2, 0.25) is 0 Å². The van der Waals surface area contributed by atoms with Crippen LogP contribution in [-0.4, -0.2) is 0 Å². The molecule has 2 rings (SSSR count). The van der Waals surface area contributed by atoms with Gasteiger partial charge in [0.1, 0.15) is 17.5 Å². The fraction of sp³-hybridized carbons (Fsp3) is 0.0714. The quantitative estimate of drug-likeness (QED) is 0.917. The number of nitrogens with one attached hydrogen (secondary N) is 1. The van der Waals surface area contributed by atoms with Crippen molar-refractivity contribution >= 4 is 5.69 Å². The maximum absolute atomic E-state index is 13.5. The van der Waals surface area contributed by atoms with Crippen LogP contribution in [0.15, 0.2) is 36.4 Å². The SMILES string of the molecule is N#Cc1ccc(F)c(CNc2ccc(F)cc2F)c1. The highest BCUT2D eigenvalue weighted by Crippen LogP contribution is 2.17. The number of nitriles is 1. The average molecular weight is 262 g/mol. The Morgan fingerprint density at radius 2 is 1.79 bits per heavy atom. The van der Waals surface area contributed by atoms with E-state index in [1.54, 1.807) is 0 Å². The normalized spacial score (nSPS) is 10.0. The van der Waals surface area contributed by atoms with E-state index in [1.165, 1.54) is 24.3 Å². The molecule has 19 heavy (non-hydrogen) atoms. The van der Waals surface area contributed by atoms with Crippen molar-refractivity contribution in [1.29, 1.82) is 5.26 Å². The van der Waals surface area contributed by atoms with Gasteiger partial charge in [-0.25, -0.2) is 13.2 Å². The first-order valence-electron chi connectivity index (χ1n) is 5.47. The number of rotatable bonds is 3. The highest BCUT2D eigenvalue weighted by Gasteiger charge is 2.06. The first-order valence-corrected chi connectivity index (χ1v) is 5.47. The summed E-state index contributed by atoms with van der Waals surface area (Å²) in [4.78, 5) is 0. The second kappa shape index (κ2) is 5.44. The van der Waals surface area contributed by atoms with Crippen molar-refractivity contribution in [3.05, 3.63) is 65.0 Å². The Morgan fingerprint density at radius 1 is 1.00 bits per heavy atom. The molecule has 1 N–H and O–H groups in total. The van der Waals surface area contributed by atoms with Crippen molar-refractivity contribution in [3.63, 3.8) is 0 Å². The highest BCUT2D eigenvalue weighted by molar-refractivity contribution is 5.46. The summed E-state index contributed by atoms with van der Waals surface area (Å²) in [5.74, 6) is -1.92. The van der Waals surface area contributed by atoms with Gasteiger partial charge in [0, 0.05) is 18.2 Å². The molecule has 0 heterocycles. The maximum Gasteiger partial charge on any atom is 0.149 e. The summed E-state index contributed by atoms with van der Waals surface area (Å²) in [5.41, 5.74) is 0.628. The van der Waals surface area contributed by atoms with E-state index in [4.69, 9.17) is 5.26 Å². The molecule has 0 unspecified atom stereocenters. The van der Waals surface area contributed by atoms with Gasteiger partial charge in [-0.2, -0.15) is 5.26 Å². The van der Waals surface area contributed by atoms with Crippen LogP contribution in [0.25, 0.3) is 0 Å². The van der Waals surface area contributed by atoms with Gasteiger partial charge in [0.25, 0.3) is 0 Å². The number of hydrogen-bond acceptors (Lipinski definition) is 2. The third-order valence-electron chi connectivity index (χ3n) is 2.58. The first kappa shape index (κ1) is 13.0. The summed E-state index contributed by atoms with van der Waals surface area (Å²) in [7, 11) is 0. The first-order chi connectivity index (χ1) is 9.10. The van der Waals surface area contributed by atoms with Crippen molar-refractivity contribution < 1.29 is 13.2 Å². The van der Waals surface area contributed by atoms with E-state index in [0.29, 0.717) is 5.56 Å². The van der Waals surface area contributed by atoms with Crippen molar-refractivity contribution in [3.8, 4) is 6.07 Å². The van der Waals surface area contributed by atoms with Crippen molar-refractivity contribution in [2.24, 2.45) is 0 Å². The standard InChI is InChI=1S/C14H9F3N2/c15-11-2-4-14(13(17)6-11)19-8-10-5-9(7-18)1-3-12(10)16/h1-6,19H,8H2. The molecule has 0 aliphatic carbocycles. The molecule has 0 spiro atoms. The zero-order valence-corrected chi connectivity index (χ0v) is 9.75. The molecular formula is C14H9F3N2. The Labute approximate surface area is 108 Å². The second-order valence-corrected chi connectivity index (χ2v) is 3.90. The summed E-state index contributed by atoms with van der Waals surface area (Å²) in [6, 6.07) is 8.89. The van der Waals surface area contributed by atoms with Crippen LogP contribution in [0.2, 0.25) is 0 Å². The van der Waals surface area contributed by atoms with Gasteiger partial charge in [-0.15, -0.1) is 0 Å². The second-order valence-electron chi connectivity index (χ2n) is 3.90. The molecular weight excluding hydrogens is 253 g/mol. The van der Waals surface area contributed by atoms with Crippen LogP contribution in [0, 0.1) is 28.8 Å². The van der Waals surface area contributed by atoms with Crippen molar-refractivity contribution in [2.45, 2.75) is 6.54 Å². The number of benzene rings is 2. The summed E-state index contributed by atoms with van der Waals surface area (Å²) in [6.07, 6.45) is 0. The number of anilines is 1. The number of hydrogen-bond donors (Lipinski definition) is 1. The molecule has 2 nitrogen and oxygen atoms in total. The predicted octanol–water partition coefficient (Wildman–Crippen LogP) is 3.59. The smallest absolute Gasteiger partial charge is 0.149 e. The molecule has 0 amide bonds. The molecule has 0 saturated carbocycles. The van der Waals surface area contributed by atoms with Gasteiger partial charge in [-0.3, -0.25) is 0 Å². The molecule has 2 aromatic carbocycles. The molecule has 0 aliphatic heterocycles. The van der Waals surface area contributed by atoms with Crippen molar-refractivity contribution in [1.82, 2.24) is 0 Å². The van der Waals surface area contributed by atoms with E-state index in [-0.39, 0.29) is 17.8 Å². The zero-order chi connectivity index (χ0) is 13.8. The van der Waals surface area contributed by atoms with Gasteiger partial charge >= 0.3 is 0 Å². The topological polar surface area (TPSA) is 35.8 Å². The Hall–Kier alpha value is -2.48. The molecule has 0 aliphatic rings. The minimum Gasteiger partial charge on any atom is -0.378 e. The molecule has 0 atom stereocenters. The Balaban J connectivity index is 2.16. The summed E-state index contributed by atoms with van der Waals surface area (Å²) >= 11 is 0. The third-order valence-corrected chi connectivity index (χ3v) is 2.58. The fourth-order valence-electron chi connectivity index (χ4n) is 1.60. The molecule has 2 aromatic rings.